The number of nitrogens with zero attached hydrogens (tertiary/aromatic N) is 2. The molecular formula is C13H15N3O2S. The molecule has 1 aliphatic rings. The zero-order chi connectivity index (χ0) is 13.1. The van der Waals surface area contributed by atoms with E-state index >= 15 is 0 Å². The van der Waals surface area contributed by atoms with Gasteiger partial charge in [0.25, 0.3) is 0 Å². The lowest BCUT2D eigenvalue weighted by molar-refractivity contribution is -0.122. The van der Waals surface area contributed by atoms with Crippen LogP contribution in [0.3, 0.4) is 0 Å². The van der Waals surface area contributed by atoms with Crippen LogP contribution in [-0.4, -0.2) is 27.9 Å². The fourth-order valence-electron chi connectivity index (χ4n) is 2.22. The Kier molecular flexibility index (Phi) is 3.70. The number of rotatable bonds is 4. The number of amides is 1. The Morgan fingerprint density at radius 3 is 3.16 bits per heavy atom. The third kappa shape index (κ3) is 3.08. The molecule has 2 heterocycles. The molecule has 1 atom stereocenters. The van der Waals surface area contributed by atoms with Crippen molar-refractivity contribution >= 4 is 28.7 Å². The number of benzene rings is 1. The Morgan fingerprint density at radius 1 is 1.42 bits per heavy atom. The van der Waals surface area contributed by atoms with Crippen molar-refractivity contribution in [3.63, 3.8) is 0 Å². The Morgan fingerprint density at radius 2 is 2.32 bits per heavy atom. The summed E-state index contributed by atoms with van der Waals surface area (Å²) < 4.78 is 13.6. The summed E-state index contributed by atoms with van der Waals surface area (Å²) >= 11 is 1.21. The van der Waals surface area contributed by atoms with E-state index in [-0.39, 0.29) is 5.91 Å². The molecule has 6 heteroatoms. The summed E-state index contributed by atoms with van der Waals surface area (Å²) in [4.78, 5) is 11.8. The molecule has 1 aliphatic heterocycles. The van der Waals surface area contributed by atoms with Crippen LogP contribution in [0.5, 0.6) is 0 Å². The van der Waals surface area contributed by atoms with Crippen molar-refractivity contribution < 1.29 is 9.53 Å². The molecule has 0 radical (unpaired) electrons. The van der Waals surface area contributed by atoms with Crippen LogP contribution in [0.4, 0.5) is 0 Å². The molecule has 1 amide bonds. The fourth-order valence-corrected chi connectivity index (χ4v) is 2.73. The maximum absolute atomic E-state index is 11.8. The van der Waals surface area contributed by atoms with Crippen molar-refractivity contribution in [1.29, 1.82) is 0 Å². The minimum Gasteiger partial charge on any atom is -0.381 e. The van der Waals surface area contributed by atoms with E-state index < -0.39 is 0 Å². The molecule has 1 N–H and O–H groups in total. The normalized spacial score (nSPS) is 18.8. The van der Waals surface area contributed by atoms with Crippen LogP contribution >= 0.6 is 11.7 Å². The lowest BCUT2D eigenvalue weighted by Gasteiger charge is -2.08. The molecule has 2 aromatic rings. The minimum absolute atomic E-state index is 0.0898. The quantitative estimate of drug-likeness (QED) is 0.924. The van der Waals surface area contributed by atoms with Gasteiger partial charge in [0.1, 0.15) is 11.0 Å². The van der Waals surface area contributed by atoms with E-state index in [1.54, 1.807) is 0 Å². The van der Waals surface area contributed by atoms with Crippen molar-refractivity contribution in [3.8, 4) is 0 Å². The second-order valence-electron chi connectivity index (χ2n) is 4.80. The first kappa shape index (κ1) is 12.5. The van der Waals surface area contributed by atoms with Gasteiger partial charge in [-0.3, -0.25) is 4.79 Å². The highest BCUT2D eigenvalue weighted by Gasteiger charge is 2.18. The van der Waals surface area contributed by atoms with Gasteiger partial charge in [-0.15, -0.1) is 0 Å². The van der Waals surface area contributed by atoms with E-state index in [0.29, 0.717) is 25.5 Å². The average Bonchev–Trinajstić information content (AvgIpc) is 3.06. The molecule has 1 aromatic carbocycles. The topological polar surface area (TPSA) is 64.1 Å². The largest absolute Gasteiger partial charge is 0.381 e. The van der Waals surface area contributed by atoms with E-state index in [1.807, 2.05) is 18.2 Å². The van der Waals surface area contributed by atoms with Crippen molar-refractivity contribution in [3.05, 3.63) is 23.8 Å². The number of hydrogen-bond donors (Lipinski definition) is 1. The Balaban J connectivity index is 1.54. The lowest BCUT2D eigenvalue weighted by atomic mass is 10.0. The molecule has 1 aromatic heterocycles. The summed E-state index contributed by atoms with van der Waals surface area (Å²) in [6, 6.07) is 5.88. The molecule has 3 rings (SSSR count). The van der Waals surface area contributed by atoms with Crippen LogP contribution in [0.1, 0.15) is 18.4 Å². The molecule has 1 saturated heterocycles. The SMILES string of the molecule is O=C(C[C@H]1CCOC1)NCc1ccc2nsnc2c1. The maximum Gasteiger partial charge on any atom is 0.220 e. The first-order valence-electron chi connectivity index (χ1n) is 6.37. The van der Waals surface area contributed by atoms with Crippen LogP contribution in [0.15, 0.2) is 18.2 Å². The average molecular weight is 277 g/mol. The summed E-state index contributed by atoms with van der Waals surface area (Å²) in [5.41, 5.74) is 2.85. The molecular weight excluding hydrogens is 262 g/mol. The number of fused-ring (bicyclic) bond motifs is 1. The maximum atomic E-state index is 11.8. The molecule has 0 unspecified atom stereocenters. The Bertz CT molecular complexity index is 578. The van der Waals surface area contributed by atoms with Gasteiger partial charge in [-0.1, -0.05) is 6.07 Å². The molecule has 0 saturated carbocycles. The van der Waals surface area contributed by atoms with Crippen molar-refractivity contribution in [1.82, 2.24) is 14.1 Å². The highest BCUT2D eigenvalue weighted by atomic mass is 32.1. The summed E-state index contributed by atoms with van der Waals surface area (Å²) in [5.74, 6) is 0.470. The second-order valence-corrected chi connectivity index (χ2v) is 5.33. The zero-order valence-electron chi connectivity index (χ0n) is 10.5. The highest BCUT2D eigenvalue weighted by molar-refractivity contribution is 7.00. The van der Waals surface area contributed by atoms with Crippen LogP contribution < -0.4 is 5.32 Å². The first-order chi connectivity index (χ1) is 9.31. The van der Waals surface area contributed by atoms with Gasteiger partial charge in [0.2, 0.25) is 5.91 Å². The summed E-state index contributed by atoms with van der Waals surface area (Å²) in [6.07, 6.45) is 1.55. The number of carbonyl (C=O) groups excluding carboxylic acids is 1. The van der Waals surface area contributed by atoms with Gasteiger partial charge in [-0.05, 0) is 30.0 Å². The summed E-state index contributed by atoms with van der Waals surface area (Å²) in [6.45, 7) is 2.04. The molecule has 0 aliphatic carbocycles. The predicted octanol–water partition coefficient (Wildman–Crippen LogP) is 1.73. The standard InChI is InChI=1S/C13H15N3O2S/c17-13(6-10-3-4-18-8-10)14-7-9-1-2-11-12(5-9)16-19-15-11/h1-2,5,10H,3-4,6-8H2,(H,14,17)/t10-/m1/s1. The van der Waals surface area contributed by atoms with Gasteiger partial charge in [0, 0.05) is 26.2 Å². The number of nitrogens with one attached hydrogen (secondary N) is 1. The lowest BCUT2D eigenvalue weighted by Crippen LogP contribution is -2.25. The smallest absolute Gasteiger partial charge is 0.220 e. The van der Waals surface area contributed by atoms with Crippen molar-refractivity contribution in [2.24, 2.45) is 5.92 Å². The van der Waals surface area contributed by atoms with Gasteiger partial charge < -0.3 is 10.1 Å². The van der Waals surface area contributed by atoms with Gasteiger partial charge in [-0.2, -0.15) is 8.75 Å². The minimum atomic E-state index is 0.0898. The van der Waals surface area contributed by atoms with E-state index in [2.05, 4.69) is 14.1 Å². The van der Waals surface area contributed by atoms with E-state index in [4.69, 9.17) is 4.74 Å². The highest BCUT2D eigenvalue weighted by Crippen LogP contribution is 2.16. The molecule has 100 valence electrons. The molecule has 0 bridgehead atoms. The van der Waals surface area contributed by atoms with Crippen LogP contribution in [0, 0.1) is 5.92 Å². The number of hydrogen-bond acceptors (Lipinski definition) is 5. The fraction of sp³-hybridized carbons (Fsp3) is 0.462. The Hall–Kier alpha value is -1.53. The predicted molar refractivity (Wildman–Crippen MR) is 72.8 cm³/mol. The number of carbonyl (C=O) groups is 1. The van der Waals surface area contributed by atoms with Crippen LogP contribution in [0.25, 0.3) is 11.0 Å². The first-order valence-corrected chi connectivity index (χ1v) is 7.10. The van der Waals surface area contributed by atoms with Crippen LogP contribution in [-0.2, 0) is 16.1 Å². The van der Waals surface area contributed by atoms with E-state index in [1.165, 1.54) is 11.7 Å². The van der Waals surface area contributed by atoms with Crippen LogP contribution in [0.2, 0.25) is 0 Å². The number of ether oxygens (including phenoxy) is 1. The summed E-state index contributed by atoms with van der Waals surface area (Å²) in [5, 5.41) is 2.94. The van der Waals surface area contributed by atoms with Gasteiger partial charge in [0.15, 0.2) is 0 Å². The molecule has 0 spiro atoms. The zero-order valence-corrected chi connectivity index (χ0v) is 11.3. The number of aromatic nitrogens is 2. The third-order valence-corrected chi connectivity index (χ3v) is 3.86. The van der Waals surface area contributed by atoms with Crippen molar-refractivity contribution in [2.45, 2.75) is 19.4 Å². The van der Waals surface area contributed by atoms with Crippen molar-refractivity contribution in [2.75, 3.05) is 13.2 Å². The van der Waals surface area contributed by atoms with Gasteiger partial charge >= 0.3 is 0 Å². The van der Waals surface area contributed by atoms with E-state index in [9.17, 15) is 4.79 Å². The third-order valence-electron chi connectivity index (χ3n) is 3.31. The molecule has 1 fully saturated rings. The van der Waals surface area contributed by atoms with E-state index in [0.717, 1.165) is 29.6 Å². The Labute approximate surface area is 115 Å². The van der Waals surface area contributed by atoms with Gasteiger partial charge in [0.05, 0.1) is 11.7 Å². The second kappa shape index (κ2) is 5.63. The monoisotopic (exact) mass is 277 g/mol. The van der Waals surface area contributed by atoms with Gasteiger partial charge in [-0.25, -0.2) is 0 Å². The summed E-state index contributed by atoms with van der Waals surface area (Å²) in [7, 11) is 0. The molecule has 19 heavy (non-hydrogen) atoms. The molecule has 5 nitrogen and oxygen atoms in total.